The zero-order chi connectivity index (χ0) is 13.9. The van der Waals surface area contributed by atoms with Gasteiger partial charge in [-0.05, 0) is 31.2 Å². The summed E-state index contributed by atoms with van der Waals surface area (Å²) in [6.07, 6.45) is 4.38. The molecule has 0 fully saturated rings. The second kappa shape index (κ2) is 5.51. The Balaban J connectivity index is 2.10. The Kier molecular flexibility index (Phi) is 3.56. The monoisotopic (exact) mass is 269 g/mol. The molecule has 0 amide bonds. The van der Waals surface area contributed by atoms with E-state index in [4.69, 9.17) is 9.72 Å². The van der Waals surface area contributed by atoms with E-state index in [0.717, 1.165) is 48.7 Å². The Bertz CT molecular complexity index is 670. The zero-order valence-corrected chi connectivity index (χ0v) is 11.7. The number of allylic oxidation sites excluding steroid dienone is 1. The van der Waals surface area contributed by atoms with Gasteiger partial charge in [0.25, 0.3) is 0 Å². The van der Waals surface area contributed by atoms with E-state index in [0.29, 0.717) is 0 Å². The molecule has 4 heteroatoms. The Labute approximate surface area is 118 Å². The van der Waals surface area contributed by atoms with Gasteiger partial charge in [-0.15, -0.1) is 0 Å². The normalized spacial score (nSPS) is 15.8. The first-order valence-electron chi connectivity index (χ1n) is 6.97. The Morgan fingerprint density at radius 2 is 2.35 bits per heavy atom. The summed E-state index contributed by atoms with van der Waals surface area (Å²) in [4.78, 5) is 4.73. The number of hydrogen-bond acceptors (Lipinski definition) is 3. The van der Waals surface area contributed by atoms with Crippen molar-refractivity contribution < 1.29 is 4.74 Å². The van der Waals surface area contributed by atoms with Crippen molar-refractivity contribution in [2.45, 2.75) is 19.9 Å². The van der Waals surface area contributed by atoms with Gasteiger partial charge in [-0.3, -0.25) is 0 Å². The van der Waals surface area contributed by atoms with E-state index >= 15 is 0 Å². The second-order valence-corrected chi connectivity index (χ2v) is 4.82. The molecule has 104 valence electrons. The third kappa shape index (κ3) is 2.23. The van der Waals surface area contributed by atoms with Crippen LogP contribution in [0.15, 0.2) is 37.1 Å². The van der Waals surface area contributed by atoms with Crippen molar-refractivity contribution in [3.63, 3.8) is 0 Å². The van der Waals surface area contributed by atoms with Crippen molar-refractivity contribution in [1.29, 1.82) is 0 Å². The predicted octanol–water partition coefficient (Wildman–Crippen LogP) is 2.70. The summed E-state index contributed by atoms with van der Waals surface area (Å²) in [6.45, 7) is 8.53. The fraction of sp³-hybridized carbons (Fsp3) is 0.312. The number of imidazole rings is 1. The zero-order valence-electron chi connectivity index (χ0n) is 11.7. The molecule has 2 heterocycles. The van der Waals surface area contributed by atoms with E-state index in [9.17, 15) is 0 Å². The van der Waals surface area contributed by atoms with Crippen LogP contribution in [0, 0.1) is 0 Å². The largest absolute Gasteiger partial charge is 0.465 e. The number of ether oxygens (including phenoxy) is 1. The van der Waals surface area contributed by atoms with E-state index in [1.54, 1.807) is 0 Å². The summed E-state index contributed by atoms with van der Waals surface area (Å²) in [6, 6.07) is 6.26. The molecule has 0 saturated heterocycles. The maximum Gasteiger partial charge on any atom is 0.129 e. The van der Waals surface area contributed by atoms with E-state index in [2.05, 4.69) is 28.6 Å². The molecule has 1 aromatic heterocycles. The highest BCUT2D eigenvalue weighted by Crippen LogP contribution is 2.24. The Morgan fingerprint density at radius 1 is 1.45 bits per heavy atom. The van der Waals surface area contributed by atoms with E-state index in [1.165, 1.54) is 11.8 Å². The van der Waals surface area contributed by atoms with Gasteiger partial charge < -0.3 is 14.6 Å². The first kappa shape index (κ1) is 12.9. The van der Waals surface area contributed by atoms with Gasteiger partial charge in [0.2, 0.25) is 0 Å². The molecular weight excluding hydrogens is 250 g/mol. The molecule has 0 spiro atoms. The lowest BCUT2D eigenvalue weighted by Crippen LogP contribution is -2.17. The lowest BCUT2D eigenvalue weighted by Gasteiger charge is -2.08. The molecule has 0 aliphatic carbocycles. The van der Waals surface area contributed by atoms with Gasteiger partial charge in [0.1, 0.15) is 11.6 Å². The Morgan fingerprint density at radius 3 is 3.15 bits per heavy atom. The average Bonchev–Trinajstić information content (AvgIpc) is 2.66. The summed E-state index contributed by atoms with van der Waals surface area (Å²) in [5.74, 6) is 1.98. The maximum absolute atomic E-state index is 5.45. The highest BCUT2D eigenvalue weighted by atomic mass is 16.5. The van der Waals surface area contributed by atoms with Gasteiger partial charge in [-0.2, -0.15) is 0 Å². The number of fused-ring (bicyclic) bond motifs is 3. The SMILES string of the molecule is C=CO/C(=C\C)c1ccc2nc3n(c2c1)CCNCC3. The van der Waals surface area contributed by atoms with E-state index < -0.39 is 0 Å². The summed E-state index contributed by atoms with van der Waals surface area (Å²) < 4.78 is 7.76. The summed E-state index contributed by atoms with van der Waals surface area (Å²) in [5.41, 5.74) is 3.28. The predicted molar refractivity (Wildman–Crippen MR) is 81.2 cm³/mol. The van der Waals surface area contributed by atoms with Crippen LogP contribution in [0.3, 0.4) is 0 Å². The molecule has 20 heavy (non-hydrogen) atoms. The quantitative estimate of drug-likeness (QED) is 0.871. The van der Waals surface area contributed by atoms with Crippen molar-refractivity contribution in [2.24, 2.45) is 0 Å². The van der Waals surface area contributed by atoms with Crippen molar-refractivity contribution in [3.8, 4) is 0 Å². The second-order valence-electron chi connectivity index (χ2n) is 4.82. The van der Waals surface area contributed by atoms with Crippen LogP contribution in [-0.2, 0) is 17.7 Å². The lowest BCUT2D eigenvalue weighted by atomic mass is 10.1. The molecule has 1 aromatic carbocycles. The number of hydrogen-bond donors (Lipinski definition) is 1. The van der Waals surface area contributed by atoms with Crippen LogP contribution < -0.4 is 5.32 Å². The summed E-state index contributed by atoms with van der Waals surface area (Å²) in [5, 5.41) is 3.40. The molecule has 1 aliphatic heterocycles. The van der Waals surface area contributed by atoms with Gasteiger partial charge in [-0.25, -0.2) is 4.98 Å². The number of nitrogens with one attached hydrogen (secondary N) is 1. The molecule has 1 N–H and O–H groups in total. The molecule has 3 rings (SSSR count). The minimum absolute atomic E-state index is 0.823. The lowest BCUT2D eigenvalue weighted by molar-refractivity contribution is 0.438. The number of benzene rings is 1. The highest BCUT2D eigenvalue weighted by Gasteiger charge is 2.14. The topological polar surface area (TPSA) is 39.1 Å². The first-order chi connectivity index (χ1) is 9.83. The van der Waals surface area contributed by atoms with Crippen LogP contribution in [0.25, 0.3) is 16.8 Å². The first-order valence-corrected chi connectivity index (χ1v) is 6.97. The molecule has 1 aliphatic rings. The van der Waals surface area contributed by atoms with Gasteiger partial charge in [-0.1, -0.05) is 6.58 Å². The third-order valence-electron chi connectivity index (χ3n) is 3.62. The smallest absolute Gasteiger partial charge is 0.129 e. The summed E-state index contributed by atoms with van der Waals surface area (Å²) in [7, 11) is 0. The number of rotatable bonds is 3. The molecule has 0 unspecified atom stereocenters. The van der Waals surface area contributed by atoms with Gasteiger partial charge in [0, 0.05) is 31.6 Å². The molecule has 0 radical (unpaired) electrons. The van der Waals surface area contributed by atoms with Gasteiger partial charge in [0.15, 0.2) is 0 Å². The molecule has 2 aromatic rings. The van der Waals surface area contributed by atoms with Crippen molar-refractivity contribution in [2.75, 3.05) is 13.1 Å². The number of aromatic nitrogens is 2. The van der Waals surface area contributed by atoms with Crippen molar-refractivity contribution >= 4 is 16.8 Å². The van der Waals surface area contributed by atoms with Crippen LogP contribution >= 0.6 is 0 Å². The molecule has 0 saturated carbocycles. The van der Waals surface area contributed by atoms with Gasteiger partial charge in [0.05, 0.1) is 17.3 Å². The van der Waals surface area contributed by atoms with Crippen molar-refractivity contribution in [1.82, 2.24) is 14.9 Å². The standard InChI is InChI=1S/C16H19N3O/c1-3-15(20-4-2)12-5-6-13-14(11-12)19-10-9-17-8-7-16(19)18-13/h3-6,11,17H,2,7-10H2,1H3/b15-3-. The molecule has 0 bridgehead atoms. The molecular formula is C16H19N3O. The Hall–Kier alpha value is -2.07. The van der Waals surface area contributed by atoms with Crippen LogP contribution in [0.1, 0.15) is 18.3 Å². The minimum atomic E-state index is 0.823. The molecule has 4 nitrogen and oxygen atoms in total. The fourth-order valence-electron chi connectivity index (χ4n) is 2.67. The maximum atomic E-state index is 5.45. The summed E-state index contributed by atoms with van der Waals surface area (Å²) >= 11 is 0. The minimum Gasteiger partial charge on any atom is -0.465 e. The van der Waals surface area contributed by atoms with Crippen LogP contribution in [0.2, 0.25) is 0 Å². The third-order valence-corrected chi connectivity index (χ3v) is 3.62. The van der Waals surface area contributed by atoms with E-state index in [1.807, 2.05) is 19.1 Å². The van der Waals surface area contributed by atoms with Crippen LogP contribution in [-0.4, -0.2) is 22.6 Å². The fourth-order valence-corrected chi connectivity index (χ4v) is 2.67. The van der Waals surface area contributed by atoms with Crippen molar-refractivity contribution in [3.05, 3.63) is 48.5 Å². The van der Waals surface area contributed by atoms with Crippen LogP contribution in [0.4, 0.5) is 0 Å². The van der Waals surface area contributed by atoms with Crippen LogP contribution in [0.5, 0.6) is 0 Å². The highest BCUT2D eigenvalue weighted by molar-refractivity contribution is 5.80. The van der Waals surface area contributed by atoms with E-state index in [-0.39, 0.29) is 0 Å². The van der Waals surface area contributed by atoms with Gasteiger partial charge >= 0.3 is 0 Å². The molecule has 0 atom stereocenters. The number of nitrogens with zero attached hydrogens (tertiary/aromatic N) is 2. The average molecular weight is 269 g/mol.